The van der Waals surface area contributed by atoms with Gasteiger partial charge < -0.3 is 5.73 Å². The van der Waals surface area contributed by atoms with Crippen LogP contribution in [-0.2, 0) is 9.59 Å². The molecular weight excluding hydrogens is 180 g/mol. The van der Waals surface area contributed by atoms with Gasteiger partial charge in [0.1, 0.15) is 0 Å². The fourth-order valence-electron chi connectivity index (χ4n) is 2.53. The standard InChI is InChI=1S/C10H16N2O2/c1-6(11)5-12-9(13)7-3-2-4-8(7)10(12)14/h6-8H,2-5,11H2,1H3. The van der Waals surface area contributed by atoms with Crippen LogP contribution in [0.2, 0.25) is 0 Å². The Labute approximate surface area is 83.4 Å². The predicted octanol–water partition coefficient (Wildman–Crippen LogP) is 0.119. The summed E-state index contributed by atoms with van der Waals surface area (Å²) < 4.78 is 0. The predicted molar refractivity (Wildman–Crippen MR) is 51.2 cm³/mol. The van der Waals surface area contributed by atoms with Gasteiger partial charge in [-0.25, -0.2) is 0 Å². The number of rotatable bonds is 2. The van der Waals surface area contributed by atoms with Gasteiger partial charge in [0.25, 0.3) is 0 Å². The van der Waals surface area contributed by atoms with Gasteiger partial charge in [-0.3, -0.25) is 14.5 Å². The highest BCUT2D eigenvalue weighted by Gasteiger charge is 2.49. The number of carbonyl (C=O) groups excluding carboxylic acids is 2. The summed E-state index contributed by atoms with van der Waals surface area (Å²) in [7, 11) is 0. The van der Waals surface area contributed by atoms with Crippen molar-refractivity contribution in [3.8, 4) is 0 Å². The second-order valence-corrected chi connectivity index (χ2v) is 4.41. The number of fused-ring (bicyclic) bond motifs is 1. The van der Waals surface area contributed by atoms with Gasteiger partial charge in [0.05, 0.1) is 11.8 Å². The van der Waals surface area contributed by atoms with Crippen molar-refractivity contribution < 1.29 is 9.59 Å². The minimum Gasteiger partial charge on any atom is -0.326 e. The molecule has 3 unspecified atom stereocenters. The maximum absolute atomic E-state index is 11.8. The third-order valence-corrected chi connectivity index (χ3v) is 3.15. The van der Waals surface area contributed by atoms with Crippen molar-refractivity contribution in [2.75, 3.05) is 6.54 Å². The first-order valence-electron chi connectivity index (χ1n) is 5.22. The number of carbonyl (C=O) groups is 2. The molecule has 1 saturated heterocycles. The van der Waals surface area contributed by atoms with E-state index in [0.717, 1.165) is 19.3 Å². The lowest BCUT2D eigenvalue weighted by Gasteiger charge is -2.17. The van der Waals surface area contributed by atoms with Crippen LogP contribution in [0.3, 0.4) is 0 Å². The van der Waals surface area contributed by atoms with Crippen LogP contribution in [0.1, 0.15) is 26.2 Å². The summed E-state index contributed by atoms with van der Waals surface area (Å²) >= 11 is 0. The van der Waals surface area contributed by atoms with Crippen LogP contribution >= 0.6 is 0 Å². The fraction of sp³-hybridized carbons (Fsp3) is 0.800. The quantitative estimate of drug-likeness (QED) is 0.638. The van der Waals surface area contributed by atoms with Crippen LogP contribution in [0.5, 0.6) is 0 Å². The summed E-state index contributed by atoms with van der Waals surface area (Å²) in [4.78, 5) is 24.9. The Morgan fingerprint density at radius 1 is 1.36 bits per heavy atom. The lowest BCUT2D eigenvalue weighted by atomic mass is 10.00. The molecule has 2 fully saturated rings. The zero-order valence-corrected chi connectivity index (χ0v) is 8.40. The summed E-state index contributed by atoms with van der Waals surface area (Å²) in [6, 6.07) is -0.123. The maximum Gasteiger partial charge on any atom is 0.233 e. The first-order valence-corrected chi connectivity index (χ1v) is 5.22. The normalized spacial score (nSPS) is 33.7. The van der Waals surface area contributed by atoms with Gasteiger partial charge in [-0.15, -0.1) is 0 Å². The van der Waals surface area contributed by atoms with Crippen LogP contribution < -0.4 is 5.73 Å². The third-order valence-electron chi connectivity index (χ3n) is 3.15. The largest absolute Gasteiger partial charge is 0.326 e. The minimum absolute atomic E-state index is 0.00907. The number of nitrogens with two attached hydrogens (primary N) is 1. The molecule has 14 heavy (non-hydrogen) atoms. The van der Waals surface area contributed by atoms with Crippen molar-refractivity contribution in [3.63, 3.8) is 0 Å². The van der Waals surface area contributed by atoms with Crippen molar-refractivity contribution in [1.82, 2.24) is 4.90 Å². The molecule has 0 aromatic carbocycles. The highest BCUT2D eigenvalue weighted by atomic mass is 16.2. The maximum atomic E-state index is 11.8. The molecule has 1 saturated carbocycles. The van der Waals surface area contributed by atoms with Crippen LogP contribution in [0.4, 0.5) is 0 Å². The van der Waals surface area contributed by atoms with Crippen LogP contribution in [0.15, 0.2) is 0 Å². The number of hydrogen-bond acceptors (Lipinski definition) is 3. The lowest BCUT2D eigenvalue weighted by Crippen LogP contribution is -2.40. The summed E-state index contributed by atoms with van der Waals surface area (Å²) in [6.45, 7) is 2.19. The van der Waals surface area contributed by atoms with Crippen molar-refractivity contribution in [2.45, 2.75) is 32.2 Å². The number of hydrogen-bond donors (Lipinski definition) is 1. The molecular formula is C10H16N2O2. The Hall–Kier alpha value is -0.900. The van der Waals surface area contributed by atoms with Gasteiger partial charge in [0, 0.05) is 12.6 Å². The van der Waals surface area contributed by atoms with E-state index >= 15 is 0 Å². The van der Waals surface area contributed by atoms with Crippen LogP contribution in [0, 0.1) is 11.8 Å². The number of amides is 2. The van der Waals surface area contributed by atoms with E-state index in [-0.39, 0.29) is 29.7 Å². The molecule has 2 rings (SSSR count). The summed E-state index contributed by atoms with van der Waals surface area (Å²) in [5.74, 6) is -0.0351. The topological polar surface area (TPSA) is 63.4 Å². The van der Waals surface area contributed by atoms with Crippen molar-refractivity contribution in [2.24, 2.45) is 17.6 Å². The Kier molecular flexibility index (Phi) is 2.31. The number of nitrogens with zero attached hydrogens (tertiary/aromatic N) is 1. The van der Waals surface area contributed by atoms with E-state index in [2.05, 4.69) is 0 Å². The molecule has 2 aliphatic rings. The van der Waals surface area contributed by atoms with Gasteiger partial charge in [-0.05, 0) is 19.8 Å². The van der Waals surface area contributed by atoms with Crippen molar-refractivity contribution in [3.05, 3.63) is 0 Å². The third kappa shape index (κ3) is 1.34. The zero-order chi connectivity index (χ0) is 10.3. The Balaban J connectivity index is 2.13. The monoisotopic (exact) mass is 196 g/mol. The average Bonchev–Trinajstić information content (AvgIpc) is 2.65. The Morgan fingerprint density at radius 3 is 2.29 bits per heavy atom. The summed E-state index contributed by atoms with van der Waals surface area (Å²) in [5, 5.41) is 0. The van der Waals surface area contributed by atoms with Gasteiger partial charge in [-0.1, -0.05) is 6.42 Å². The fourth-order valence-corrected chi connectivity index (χ4v) is 2.53. The minimum atomic E-state index is -0.123. The second kappa shape index (κ2) is 3.35. The molecule has 4 nitrogen and oxygen atoms in total. The Bertz CT molecular complexity index is 253. The molecule has 2 N–H and O–H groups in total. The highest BCUT2D eigenvalue weighted by molar-refractivity contribution is 6.05. The molecule has 0 bridgehead atoms. The molecule has 3 atom stereocenters. The van der Waals surface area contributed by atoms with Gasteiger partial charge in [0.2, 0.25) is 11.8 Å². The van der Waals surface area contributed by atoms with E-state index in [4.69, 9.17) is 5.73 Å². The zero-order valence-electron chi connectivity index (χ0n) is 8.40. The van der Waals surface area contributed by atoms with E-state index in [1.54, 1.807) is 0 Å². The van der Waals surface area contributed by atoms with E-state index in [9.17, 15) is 9.59 Å². The summed E-state index contributed by atoms with van der Waals surface area (Å²) in [5.41, 5.74) is 5.60. The molecule has 0 aromatic rings. The molecule has 1 heterocycles. The molecule has 1 aliphatic heterocycles. The molecule has 4 heteroatoms. The highest BCUT2D eigenvalue weighted by Crippen LogP contribution is 2.39. The van der Waals surface area contributed by atoms with E-state index in [0.29, 0.717) is 6.54 Å². The molecule has 0 spiro atoms. The first kappa shape index (κ1) is 9.65. The van der Waals surface area contributed by atoms with E-state index in [1.807, 2.05) is 6.92 Å². The summed E-state index contributed by atoms with van der Waals surface area (Å²) in [6.07, 6.45) is 2.77. The van der Waals surface area contributed by atoms with Crippen molar-refractivity contribution >= 4 is 11.8 Å². The lowest BCUT2D eigenvalue weighted by molar-refractivity contribution is -0.140. The molecule has 78 valence electrons. The molecule has 1 aliphatic carbocycles. The van der Waals surface area contributed by atoms with Crippen LogP contribution in [0.25, 0.3) is 0 Å². The smallest absolute Gasteiger partial charge is 0.233 e. The van der Waals surface area contributed by atoms with Gasteiger partial charge >= 0.3 is 0 Å². The number of imide groups is 1. The second-order valence-electron chi connectivity index (χ2n) is 4.41. The Morgan fingerprint density at radius 2 is 1.86 bits per heavy atom. The molecule has 0 radical (unpaired) electrons. The first-order chi connectivity index (χ1) is 6.61. The van der Waals surface area contributed by atoms with Gasteiger partial charge in [-0.2, -0.15) is 0 Å². The average molecular weight is 196 g/mol. The van der Waals surface area contributed by atoms with Crippen LogP contribution in [-0.4, -0.2) is 29.3 Å². The molecule has 0 aromatic heterocycles. The van der Waals surface area contributed by atoms with E-state index < -0.39 is 0 Å². The SMILES string of the molecule is CC(N)CN1C(=O)C2CCCC2C1=O. The van der Waals surface area contributed by atoms with E-state index in [1.165, 1.54) is 4.90 Å². The number of likely N-dealkylation sites (tertiary alicyclic amines) is 1. The molecule has 2 amide bonds. The van der Waals surface area contributed by atoms with Gasteiger partial charge in [0.15, 0.2) is 0 Å². The van der Waals surface area contributed by atoms with Crippen molar-refractivity contribution in [1.29, 1.82) is 0 Å².